The molecule has 0 saturated heterocycles. The Morgan fingerprint density at radius 2 is 1.86 bits per heavy atom. The number of nitrogens with zero attached hydrogens (tertiary/aromatic N) is 1. The first kappa shape index (κ1) is 14.9. The number of sulfonamides is 1. The molecule has 1 N–H and O–H groups in total. The molecule has 7 heteroatoms. The Hall–Kier alpha value is -2.46. The summed E-state index contributed by atoms with van der Waals surface area (Å²) in [5.41, 5.74) is 0.0244. The van der Waals surface area contributed by atoms with Crippen LogP contribution in [0.25, 0.3) is 0 Å². The molecule has 0 fully saturated rings. The third-order valence-corrected chi connectivity index (χ3v) is 3.90. The lowest BCUT2D eigenvalue weighted by Crippen LogP contribution is -2.16. The Morgan fingerprint density at radius 3 is 2.57 bits per heavy atom. The fraction of sp³-hybridized carbons (Fsp3) is 0.0714. The molecule has 0 aromatic heterocycles. The topological polar surface area (TPSA) is 70.0 Å². The van der Waals surface area contributed by atoms with E-state index in [1.54, 1.807) is 12.1 Å². The highest BCUT2D eigenvalue weighted by atomic mass is 32.2. The molecular weight excluding hydrogens is 298 g/mol. The monoisotopic (exact) mass is 308 g/mol. The minimum Gasteiger partial charge on any atom is -0.280 e. The molecule has 0 bridgehead atoms. The van der Waals surface area contributed by atoms with Gasteiger partial charge in [0.2, 0.25) is 10.0 Å². The van der Waals surface area contributed by atoms with E-state index in [9.17, 15) is 17.2 Å². The van der Waals surface area contributed by atoms with Crippen molar-refractivity contribution in [2.45, 2.75) is 5.75 Å². The Bertz CT molecular complexity index is 814. The SMILES string of the molecule is N#Cc1ccccc1CS(=O)(=O)Nc1cc(F)ccc1F. The van der Waals surface area contributed by atoms with E-state index in [-0.39, 0.29) is 11.1 Å². The van der Waals surface area contributed by atoms with Gasteiger partial charge >= 0.3 is 0 Å². The average Bonchev–Trinajstić information content (AvgIpc) is 2.43. The van der Waals surface area contributed by atoms with Crippen LogP contribution in [-0.2, 0) is 15.8 Å². The second-order valence-corrected chi connectivity index (χ2v) is 5.98. The molecule has 0 aliphatic heterocycles. The summed E-state index contributed by atoms with van der Waals surface area (Å²) in [4.78, 5) is 0. The van der Waals surface area contributed by atoms with Crippen LogP contribution in [0.3, 0.4) is 0 Å². The van der Waals surface area contributed by atoms with Gasteiger partial charge in [-0.1, -0.05) is 18.2 Å². The van der Waals surface area contributed by atoms with E-state index in [1.165, 1.54) is 12.1 Å². The molecule has 0 atom stereocenters. The molecule has 0 spiro atoms. The van der Waals surface area contributed by atoms with Crippen molar-refractivity contribution < 1.29 is 17.2 Å². The van der Waals surface area contributed by atoms with Gasteiger partial charge in [0.05, 0.1) is 23.1 Å². The van der Waals surface area contributed by atoms with Crippen LogP contribution in [0.15, 0.2) is 42.5 Å². The molecule has 108 valence electrons. The first-order valence-electron chi connectivity index (χ1n) is 5.85. The number of benzene rings is 2. The lowest BCUT2D eigenvalue weighted by Gasteiger charge is -2.10. The number of nitriles is 1. The zero-order valence-corrected chi connectivity index (χ0v) is 11.5. The number of anilines is 1. The van der Waals surface area contributed by atoms with Crippen molar-refractivity contribution in [1.82, 2.24) is 0 Å². The van der Waals surface area contributed by atoms with E-state index >= 15 is 0 Å². The first-order chi connectivity index (χ1) is 9.91. The molecule has 4 nitrogen and oxygen atoms in total. The van der Waals surface area contributed by atoms with Gasteiger partial charge in [-0.3, -0.25) is 4.72 Å². The number of hydrogen-bond donors (Lipinski definition) is 1. The standard InChI is InChI=1S/C14H10F2N2O2S/c15-12-5-6-13(16)14(7-12)18-21(19,20)9-11-4-2-1-3-10(11)8-17/h1-7,18H,9H2. The molecule has 2 aromatic carbocycles. The van der Waals surface area contributed by atoms with Crippen LogP contribution in [0.1, 0.15) is 11.1 Å². The number of rotatable bonds is 4. The van der Waals surface area contributed by atoms with E-state index in [0.717, 1.165) is 18.2 Å². The predicted molar refractivity (Wildman–Crippen MR) is 73.8 cm³/mol. The van der Waals surface area contributed by atoms with Crippen LogP contribution in [-0.4, -0.2) is 8.42 Å². The fourth-order valence-electron chi connectivity index (χ4n) is 1.74. The van der Waals surface area contributed by atoms with Gasteiger partial charge in [-0.2, -0.15) is 5.26 Å². The highest BCUT2D eigenvalue weighted by Gasteiger charge is 2.16. The maximum absolute atomic E-state index is 13.4. The fourth-order valence-corrected chi connectivity index (χ4v) is 2.96. The molecule has 0 saturated carbocycles. The van der Waals surface area contributed by atoms with Crippen LogP contribution in [0.4, 0.5) is 14.5 Å². The maximum Gasteiger partial charge on any atom is 0.237 e. The van der Waals surface area contributed by atoms with E-state index in [0.29, 0.717) is 0 Å². The lowest BCUT2D eigenvalue weighted by molar-refractivity contribution is 0.594. The van der Waals surface area contributed by atoms with Gasteiger partial charge in [0.15, 0.2) is 0 Å². The molecule has 0 aliphatic rings. The molecule has 0 aliphatic carbocycles. The predicted octanol–water partition coefficient (Wildman–Crippen LogP) is 2.78. The van der Waals surface area contributed by atoms with Gasteiger partial charge in [-0.05, 0) is 23.8 Å². The molecule has 0 radical (unpaired) electrons. The third kappa shape index (κ3) is 3.77. The van der Waals surface area contributed by atoms with Crippen molar-refractivity contribution in [2.75, 3.05) is 4.72 Å². The van der Waals surface area contributed by atoms with E-state index < -0.39 is 33.1 Å². The number of halogens is 2. The summed E-state index contributed by atoms with van der Waals surface area (Å²) in [7, 11) is -3.97. The second-order valence-electron chi connectivity index (χ2n) is 4.25. The first-order valence-corrected chi connectivity index (χ1v) is 7.50. The normalized spacial score (nSPS) is 10.9. The molecule has 2 rings (SSSR count). The highest BCUT2D eigenvalue weighted by molar-refractivity contribution is 7.91. The Labute approximate surface area is 120 Å². The van der Waals surface area contributed by atoms with Crippen molar-refractivity contribution in [1.29, 1.82) is 5.26 Å². The van der Waals surface area contributed by atoms with Crippen molar-refractivity contribution in [3.05, 3.63) is 65.2 Å². The van der Waals surface area contributed by atoms with Crippen LogP contribution in [0, 0.1) is 23.0 Å². The van der Waals surface area contributed by atoms with Crippen molar-refractivity contribution in [2.24, 2.45) is 0 Å². The summed E-state index contributed by atoms with van der Waals surface area (Å²) in [5, 5.41) is 8.91. The Balaban J connectivity index is 2.27. The van der Waals surface area contributed by atoms with Gasteiger partial charge in [-0.25, -0.2) is 17.2 Å². The van der Waals surface area contributed by atoms with Crippen molar-refractivity contribution >= 4 is 15.7 Å². The van der Waals surface area contributed by atoms with Gasteiger partial charge in [0.25, 0.3) is 0 Å². The summed E-state index contributed by atoms with van der Waals surface area (Å²) in [5.74, 6) is -2.15. The lowest BCUT2D eigenvalue weighted by atomic mass is 10.1. The van der Waals surface area contributed by atoms with Crippen LogP contribution in [0.5, 0.6) is 0 Å². The van der Waals surface area contributed by atoms with Crippen molar-refractivity contribution in [3.8, 4) is 6.07 Å². The second kappa shape index (κ2) is 5.89. The molecule has 2 aromatic rings. The Kier molecular flexibility index (Phi) is 4.19. The minimum absolute atomic E-state index is 0.211. The largest absolute Gasteiger partial charge is 0.280 e. The summed E-state index contributed by atoms with van der Waals surface area (Å²) in [6, 6.07) is 10.5. The minimum atomic E-state index is -3.97. The molecule has 21 heavy (non-hydrogen) atoms. The zero-order chi connectivity index (χ0) is 15.5. The summed E-state index contributed by atoms with van der Waals surface area (Å²) < 4.78 is 52.4. The van der Waals surface area contributed by atoms with E-state index in [1.807, 2.05) is 10.8 Å². The number of nitrogens with one attached hydrogen (secondary N) is 1. The van der Waals surface area contributed by atoms with Crippen LogP contribution in [0.2, 0.25) is 0 Å². The highest BCUT2D eigenvalue weighted by Crippen LogP contribution is 2.19. The summed E-state index contributed by atoms with van der Waals surface area (Å²) >= 11 is 0. The zero-order valence-electron chi connectivity index (χ0n) is 10.7. The van der Waals surface area contributed by atoms with Gasteiger partial charge < -0.3 is 0 Å². The maximum atomic E-state index is 13.4. The quantitative estimate of drug-likeness (QED) is 0.944. The Morgan fingerprint density at radius 1 is 1.14 bits per heavy atom. The summed E-state index contributed by atoms with van der Waals surface area (Å²) in [6.07, 6.45) is 0. The molecule has 0 amide bonds. The van der Waals surface area contributed by atoms with Gasteiger partial charge in [0, 0.05) is 6.07 Å². The van der Waals surface area contributed by atoms with Crippen molar-refractivity contribution in [3.63, 3.8) is 0 Å². The van der Waals surface area contributed by atoms with Gasteiger partial charge in [-0.15, -0.1) is 0 Å². The van der Waals surface area contributed by atoms with Gasteiger partial charge in [0.1, 0.15) is 11.6 Å². The van der Waals surface area contributed by atoms with Crippen LogP contribution < -0.4 is 4.72 Å². The van der Waals surface area contributed by atoms with Crippen LogP contribution >= 0.6 is 0 Å². The van der Waals surface area contributed by atoms with E-state index in [2.05, 4.69) is 0 Å². The van der Waals surface area contributed by atoms with E-state index in [4.69, 9.17) is 5.26 Å². The molecular formula is C14H10F2N2O2S. The average molecular weight is 308 g/mol. The third-order valence-electron chi connectivity index (χ3n) is 2.68. The molecule has 0 heterocycles. The smallest absolute Gasteiger partial charge is 0.237 e. The molecule has 0 unspecified atom stereocenters. The number of hydrogen-bond acceptors (Lipinski definition) is 3. The summed E-state index contributed by atoms with van der Waals surface area (Å²) in [6.45, 7) is 0.